The number of aliphatic hydroxyl groups excluding tert-OH is 2. The van der Waals surface area contributed by atoms with Crippen molar-refractivity contribution in [3.8, 4) is 0 Å². The van der Waals surface area contributed by atoms with Gasteiger partial charge in [-0.15, -0.1) is 0 Å². The van der Waals surface area contributed by atoms with Crippen LogP contribution in [0.3, 0.4) is 0 Å². The maximum atomic E-state index is 9.92. The Balaban J connectivity index is 2.07. The minimum atomic E-state index is -0.705. The van der Waals surface area contributed by atoms with Crippen LogP contribution in [0.5, 0.6) is 0 Å². The van der Waals surface area contributed by atoms with Crippen LogP contribution in [0.15, 0.2) is 11.4 Å². The van der Waals surface area contributed by atoms with Crippen LogP contribution < -0.4 is 5.32 Å². The normalized spacial score (nSPS) is 25.6. The quantitative estimate of drug-likeness (QED) is 0.544. The molecule has 1 fully saturated rings. The third-order valence-electron chi connectivity index (χ3n) is 3.49. The summed E-state index contributed by atoms with van der Waals surface area (Å²) in [6.45, 7) is -0.218. The number of thioether (sulfide) groups is 1. The van der Waals surface area contributed by atoms with Gasteiger partial charge in [0.15, 0.2) is 10.8 Å². The number of nitrogens with zero attached hydrogens (tertiary/aromatic N) is 4. The number of anilines is 1. The Kier molecular flexibility index (Phi) is 3.98. The fourth-order valence-electron chi connectivity index (χ4n) is 2.46. The number of nitrogens with one attached hydrogen (secondary N) is 1. The van der Waals surface area contributed by atoms with Gasteiger partial charge in [0.25, 0.3) is 0 Å². The summed E-state index contributed by atoms with van der Waals surface area (Å²) in [4.78, 5) is 13.1. The predicted octanol–water partition coefficient (Wildman–Crippen LogP) is 0.231. The zero-order valence-electron chi connectivity index (χ0n) is 11.7. The monoisotopic (exact) mass is 311 g/mol. The van der Waals surface area contributed by atoms with Crippen molar-refractivity contribution in [2.75, 3.05) is 25.2 Å². The Morgan fingerprint density at radius 3 is 2.95 bits per heavy atom. The van der Waals surface area contributed by atoms with Crippen LogP contribution in [-0.4, -0.2) is 61.9 Å². The lowest BCUT2D eigenvalue weighted by Crippen LogP contribution is -2.24. The third kappa shape index (κ3) is 2.46. The zero-order chi connectivity index (χ0) is 15.0. The minimum absolute atomic E-state index is 0.218. The molecule has 0 bridgehead atoms. The minimum Gasteiger partial charge on any atom is -0.394 e. The molecule has 1 aliphatic heterocycles. The highest BCUT2D eigenvalue weighted by atomic mass is 32.2. The molecule has 1 saturated heterocycles. The molecule has 114 valence electrons. The molecule has 2 aromatic rings. The molecule has 0 amide bonds. The summed E-state index contributed by atoms with van der Waals surface area (Å²) in [6, 6.07) is 0. The van der Waals surface area contributed by atoms with Crippen LogP contribution >= 0.6 is 11.8 Å². The van der Waals surface area contributed by atoms with Crippen LogP contribution in [0.4, 0.5) is 5.95 Å². The molecule has 2 aromatic heterocycles. The van der Waals surface area contributed by atoms with E-state index in [2.05, 4.69) is 20.3 Å². The van der Waals surface area contributed by atoms with E-state index in [0.717, 1.165) is 0 Å². The largest absolute Gasteiger partial charge is 0.394 e. The molecule has 0 unspecified atom stereocenters. The Morgan fingerprint density at radius 1 is 1.52 bits per heavy atom. The maximum Gasteiger partial charge on any atom is 0.207 e. The van der Waals surface area contributed by atoms with E-state index in [1.807, 2.05) is 6.26 Å². The zero-order valence-corrected chi connectivity index (χ0v) is 12.5. The average molecular weight is 311 g/mol. The number of aliphatic hydroxyl groups is 2. The second-order valence-corrected chi connectivity index (χ2v) is 5.51. The number of ether oxygens (including phenoxy) is 1. The van der Waals surface area contributed by atoms with Crippen molar-refractivity contribution in [3.05, 3.63) is 6.20 Å². The van der Waals surface area contributed by atoms with Gasteiger partial charge < -0.3 is 20.3 Å². The lowest BCUT2D eigenvalue weighted by molar-refractivity contribution is -0.0425. The van der Waals surface area contributed by atoms with E-state index in [1.165, 1.54) is 11.8 Å². The number of rotatable bonds is 4. The maximum absolute atomic E-state index is 9.92. The van der Waals surface area contributed by atoms with Gasteiger partial charge in [0, 0.05) is 13.5 Å². The number of fused-ring (bicyclic) bond motifs is 1. The van der Waals surface area contributed by atoms with Crippen LogP contribution in [0.2, 0.25) is 0 Å². The van der Waals surface area contributed by atoms with Gasteiger partial charge >= 0.3 is 0 Å². The van der Waals surface area contributed by atoms with Crippen molar-refractivity contribution in [2.45, 2.75) is 30.0 Å². The number of hydrogen-bond acceptors (Lipinski definition) is 8. The van der Waals surface area contributed by atoms with E-state index in [0.29, 0.717) is 28.7 Å². The summed E-state index contributed by atoms with van der Waals surface area (Å²) in [5.74, 6) is 0.591. The van der Waals surface area contributed by atoms with E-state index >= 15 is 0 Å². The van der Waals surface area contributed by atoms with Crippen molar-refractivity contribution in [2.24, 2.45) is 0 Å². The van der Waals surface area contributed by atoms with E-state index in [9.17, 15) is 10.2 Å². The smallest absolute Gasteiger partial charge is 0.207 e. The molecule has 3 rings (SSSR count). The van der Waals surface area contributed by atoms with Crippen molar-refractivity contribution in [1.82, 2.24) is 19.5 Å². The molecule has 3 heterocycles. The summed E-state index contributed by atoms with van der Waals surface area (Å²) in [7, 11) is 1.76. The van der Waals surface area contributed by atoms with Crippen molar-refractivity contribution >= 4 is 28.9 Å². The van der Waals surface area contributed by atoms with Crippen LogP contribution in [0.25, 0.3) is 11.2 Å². The molecule has 0 saturated carbocycles. The SMILES string of the molecule is CNc1nc2cnc(SC)nc2n1[C@@H]1C[C@@H](O)[C@H](CO)O1. The Morgan fingerprint density at radius 2 is 2.33 bits per heavy atom. The second kappa shape index (κ2) is 5.76. The van der Waals surface area contributed by atoms with Gasteiger partial charge in [0.05, 0.1) is 18.9 Å². The first-order valence-electron chi connectivity index (χ1n) is 6.59. The van der Waals surface area contributed by atoms with Crippen molar-refractivity contribution in [3.63, 3.8) is 0 Å². The van der Waals surface area contributed by atoms with Gasteiger partial charge in [-0.25, -0.2) is 15.0 Å². The topological polar surface area (TPSA) is 105 Å². The summed E-state index contributed by atoms with van der Waals surface area (Å²) in [5, 5.41) is 22.8. The highest BCUT2D eigenvalue weighted by Crippen LogP contribution is 2.33. The van der Waals surface area contributed by atoms with Crippen LogP contribution in [0.1, 0.15) is 12.6 Å². The molecular formula is C12H17N5O3S. The van der Waals surface area contributed by atoms with Gasteiger partial charge in [-0.1, -0.05) is 11.8 Å². The first-order valence-corrected chi connectivity index (χ1v) is 7.81. The fourth-order valence-corrected chi connectivity index (χ4v) is 2.80. The Bertz CT molecular complexity index is 649. The van der Waals surface area contributed by atoms with E-state index in [-0.39, 0.29) is 6.61 Å². The first kappa shape index (κ1) is 14.5. The highest BCUT2D eigenvalue weighted by molar-refractivity contribution is 7.98. The molecule has 1 aliphatic rings. The average Bonchev–Trinajstić information content (AvgIpc) is 3.05. The van der Waals surface area contributed by atoms with Gasteiger partial charge in [0.1, 0.15) is 17.8 Å². The summed E-state index contributed by atoms with van der Waals surface area (Å²) in [6.07, 6.45) is 2.24. The number of imidazole rings is 1. The predicted molar refractivity (Wildman–Crippen MR) is 78.3 cm³/mol. The Hall–Kier alpha value is -1.42. The van der Waals surface area contributed by atoms with Crippen molar-refractivity contribution in [1.29, 1.82) is 0 Å². The highest BCUT2D eigenvalue weighted by Gasteiger charge is 2.36. The van der Waals surface area contributed by atoms with Crippen LogP contribution in [-0.2, 0) is 4.74 Å². The van der Waals surface area contributed by atoms with Crippen molar-refractivity contribution < 1.29 is 14.9 Å². The van der Waals surface area contributed by atoms with E-state index in [4.69, 9.17) is 4.74 Å². The molecule has 8 nitrogen and oxygen atoms in total. The number of aromatic nitrogens is 4. The van der Waals surface area contributed by atoms with Gasteiger partial charge in [-0.3, -0.25) is 4.57 Å². The molecular weight excluding hydrogens is 294 g/mol. The molecule has 3 atom stereocenters. The first-order chi connectivity index (χ1) is 10.2. The molecule has 0 spiro atoms. The number of hydrogen-bond donors (Lipinski definition) is 3. The molecule has 0 aliphatic carbocycles. The lowest BCUT2D eigenvalue weighted by atomic mass is 10.2. The molecule has 0 radical (unpaired) electrons. The second-order valence-electron chi connectivity index (χ2n) is 4.74. The van der Waals surface area contributed by atoms with Crippen LogP contribution in [0, 0.1) is 0 Å². The van der Waals surface area contributed by atoms with Gasteiger partial charge in [0.2, 0.25) is 5.95 Å². The molecule has 3 N–H and O–H groups in total. The third-order valence-corrected chi connectivity index (χ3v) is 4.05. The molecule has 21 heavy (non-hydrogen) atoms. The van der Waals surface area contributed by atoms with E-state index < -0.39 is 18.4 Å². The summed E-state index contributed by atoms with van der Waals surface area (Å²) in [5.41, 5.74) is 1.30. The Labute approximate surface area is 125 Å². The standard InChI is InChI=1S/C12H17N5O3S/c1-13-11-15-6-4-14-12(21-2)16-10(6)17(11)9-3-7(19)8(5-18)20-9/h4,7-9,18-19H,3,5H2,1-2H3,(H,13,15)/t7-,8+,9+/m1/s1. The van der Waals surface area contributed by atoms with Gasteiger partial charge in [-0.2, -0.15) is 0 Å². The fraction of sp³-hybridized carbons (Fsp3) is 0.583. The van der Waals surface area contributed by atoms with E-state index in [1.54, 1.807) is 17.8 Å². The molecule has 0 aromatic carbocycles. The summed E-state index contributed by atoms with van der Waals surface area (Å²) >= 11 is 1.44. The lowest BCUT2D eigenvalue weighted by Gasteiger charge is -2.16. The van der Waals surface area contributed by atoms with Gasteiger partial charge in [-0.05, 0) is 6.26 Å². The summed E-state index contributed by atoms with van der Waals surface area (Å²) < 4.78 is 7.51. The molecule has 9 heteroatoms.